The van der Waals surface area contributed by atoms with E-state index in [1.165, 1.54) is 0 Å². The predicted molar refractivity (Wildman–Crippen MR) is 67.8 cm³/mol. The fourth-order valence-corrected chi connectivity index (χ4v) is 2.60. The molecular formula is C11H13BrN4O2. The zero-order valence-electron chi connectivity index (χ0n) is 9.97. The topological polar surface area (TPSA) is 61.5 Å². The summed E-state index contributed by atoms with van der Waals surface area (Å²) in [7, 11) is 1.58. The molecule has 0 bridgehead atoms. The number of hydrogen-bond acceptors (Lipinski definition) is 5. The first-order chi connectivity index (χ1) is 8.79. The van der Waals surface area contributed by atoms with Crippen LogP contribution in [0.2, 0.25) is 0 Å². The molecule has 1 fully saturated rings. The molecule has 3 rings (SSSR count). The van der Waals surface area contributed by atoms with E-state index in [4.69, 9.17) is 9.47 Å². The first kappa shape index (κ1) is 11.9. The number of methoxy groups -OCH3 is 1. The van der Waals surface area contributed by atoms with Gasteiger partial charge < -0.3 is 9.47 Å². The summed E-state index contributed by atoms with van der Waals surface area (Å²) in [6.07, 6.45) is 3.83. The van der Waals surface area contributed by atoms with E-state index in [1.54, 1.807) is 7.11 Å². The first-order valence-electron chi connectivity index (χ1n) is 5.82. The lowest BCUT2D eigenvalue weighted by Crippen LogP contribution is -2.16. The van der Waals surface area contributed by atoms with Crippen LogP contribution in [0.15, 0.2) is 10.8 Å². The Morgan fingerprint density at radius 3 is 2.89 bits per heavy atom. The van der Waals surface area contributed by atoms with Crippen molar-refractivity contribution < 1.29 is 9.47 Å². The highest BCUT2D eigenvalue weighted by Gasteiger charge is 2.22. The molecule has 1 saturated heterocycles. The zero-order valence-corrected chi connectivity index (χ0v) is 11.6. The van der Waals surface area contributed by atoms with Crippen LogP contribution in [0.5, 0.6) is 5.88 Å². The van der Waals surface area contributed by atoms with Gasteiger partial charge in [0.1, 0.15) is 10.4 Å². The van der Waals surface area contributed by atoms with Crippen molar-refractivity contribution in [3.8, 4) is 5.88 Å². The Morgan fingerprint density at radius 2 is 2.17 bits per heavy atom. The number of halogens is 1. The van der Waals surface area contributed by atoms with E-state index in [0.29, 0.717) is 22.0 Å². The largest absolute Gasteiger partial charge is 0.478 e. The summed E-state index contributed by atoms with van der Waals surface area (Å²) >= 11 is 3.37. The third-order valence-electron chi connectivity index (χ3n) is 3.14. The maximum Gasteiger partial charge on any atom is 0.261 e. The van der Waals surface area contributed by atoms with Gasteiger partial charge in [0.25, 0.3) is 5.88 Å². The molecule has 0 spiro atoms. The summed E-state index contributed by atoms with van der Waals surface area (Å²) in [5, 5.41) is 8.45. The Bertz CT molecular complexity index is 565. The standard InChI is InChI=1S/C11H13BrN4O2/c1-17-11-10-15-14-9(7-2-4-18-5-3-7)16(10)6-8(12)13-11/h6-7H,2-5H2,1H3. The van der Waals surface area contributed by atoms with E-state index in [9.17, 15) is 0 Å². The Balaban J connectivity index is 2.10. The molecule has 3 heterocycles. The molecule has 1 aliphatic rings. The van der Waals surface area contributed by atoms with Crippen molar-refractivity contribution in [2.75, 3.05) is 20.3 Å². The van der Waals surface area contributed by atoms with Crippen LogP contribution in [0.1, 0.15) is 24.6 Å². The fraction of sp³-hybridized carbons (Fsp3) is 0.545. The Labute approximate surface area is 112 Å². The SMILES string of the molecule is COc1nc(Br)cn2c(C3CCOCC3)nnc12. The minimum absolute atomic E-state index is 0.382. The van der Waals surface area contributed by atoms with Gasteiger partial charge in [-0.2, -0.15) is 0 Å². The zero-order chi connectivity index (χ0) is 12.5. The van der Waals surface area contributed by atoms with Crippen molar-refractivity contribution >= 4 is 21.6 Å². The Hall–Kier alpha value is -1.21. The molecular weight excluding hydrogens is 300 g/mol. The lowest BCUT2D eigenvalue weighted by molar-refractivity contribution is 0.0834. The van der Waals surface area contributed by atoms with Gasteiger partial charge in [0, 0.05) is 25.3 Å². The highest BCUT2D eigenvalue weighted by atomic mass is 79.9. The van der Waals surface area contributed by atoms with Gasteiger partial charge in [0.15, 0.2) is 0 Å². The van der Waals surface area contributed by atoms with Crippen molar-refractivity contribution in [2.24, 2.45) is 0 Å². The second kappa shape index (κ2) is 4.81. The van der Waals surface area contributed by atoms with Gasteiger partial charge in [0.05, 0.1) is 7.11 Å². The number of nitrogens with zero attached hydrogens (tertiary/aromatic N) is 4. The lowest BCUT2D eigenvalue weighted by Gasteiger charge is -2.20. The number of aromatic nitrogens is 4. The molecule has 7 heteroatoms. The second-order valence-electron chi connectivity index (χ2n) is 4.21. The van der Waals surface area contributed by atoms with Crippen LogP contribution < -0.4 is 4.74 Å². The second-order valence-corrected chi connectivity index (χ2v) is 5.02. The number of rotatable bonds is 2. The third kappa shape index (κ3) is 1.97. The molecule has 2 aromatic heterocycles. The van der Waals surface area contributed by atoms with Gasteiger partial charge in [-0.05, 0) is 28.8 Å². The van der Waals surface area contributed by atoms with Gasteiger partial charge in [-0.25, -0.2) is 4.98 Å². The van der Waals surface area contributed by atoms with Gasteiger partial charge in [0.2, 0.25) is 5.65 Å². The molecule has 1 aliphatic heterocycles. The molecule has 2 aromatic rings. The lowest BCUT2D eigenvalue weighted by atomic mass is 10.00. The van der Waals surface area contributed by atoms with E-state index in [2.05, 4.69) is 31.1 Å². The molecule has 0 radical (unpaired) electrons. The Kier molecular flexibility index (Phi) is 3.17. The number of hydrogen-bond donors (Lipinski definition) is 0. The van der Waals surface area contributed by atoms with E-state index >= 15 is 0 Å². The van der Waals surface area contributed by atoms with Crippen molar-refractivity contribution in [2.45, 2.75) is 18.8 Å². The van der Waals surface area contributed by atoms with Gasteiger partial charge in [-0.3, -0.25) is 4.40 Å². The monoisotopic (exact) mass is 312 g/mol. The van der Waals surface area contributed by atoms with Crippen LogP contribution in [0.4, 0.5) is 0 Å². The van der Waals surface area contributed by atoms with Crippen LogP contribution in [-0.2, 0) is 4.74 Å². The van der Waals surface area contributed by atoms with E-state index in [-0.39, 0.29) is 0 Å². The van der Waals surface area contributed by atoms with Crippen molar-refractivity contribution in [1.29, 1.82) is 0 Å². The minimum atomic E-state index is 0.382. The smallest absolute Gasteiger partial charge is 0.261 e. The molecule has 0 atom stereocenters. The van der Waals surface area contributed by atoms with Crippen molar-refractivity contribution in [3.63, 3.8) is 0 Å². The highest BCUT2D eigenvalue weighted by molar-refractivity contribution is 9.10. The summed E-state index contributed by atoms with van der Waals surface area (Å²) in [4.78, 5) is 4.22. The summed E-state index contributed by atoms with van der Waals surface area (Å²) in [6.45, 7) is 1.56. The van der Waals surface area contributed by atoms with Crippen LogP contribution in [0.3, 0.4) is 0 Å². The molecule has 0 aromatic carbocycles. The summed E-state index contributed by atoms with van der Waals surface area (Å²) in [5.41, 5.74) is 0.655. The fourth-order valence-electron chi connectivity index (χ4n) is 2.23. The van der Waals surface area contributed by atoms with Crippen LogP contribution in [0, 0.1) is 0 Å². The molecule has 0 amide bonds. The maximum atomic E-state index is 5.37. The van der Waals surface area contributed by atoms with E-state index in [0.717, 1.165) is 31.9 Å². The Morgan fingerprint density at radius 1 is 1.39 bits per heavy atom. The summed E-state index contributed by atoms with van der Waals surface area (Å²) < 4.78 is 13.3. The molecule has 0 unspecified atom stereocenters. The predicted octanol–water partition coefficient (Wildman–Crippen LogP) is 1.79. The number of fused-ring (bicyclic) bond motifs is 1. The summed E-state index contributed by atoms with van der Waals surface area (Å²) in [5.74, 6) is 1.82. The van der Waals surface area contributed by atoms with Crippen LogP contribution >= 0.6 is 15.9 Å². The molecule has 6 nitrogen and oxygen atoms in total. The average molecular weight is 313 g/mol. The van der Waals surface area contributed by atoms with Gasteiger partial charge in [-0.15, -0.1) is 10.2 Å². The molecule has 0 saturated carbocycles. The van der Waals surface area contributed by atoms with Gasteiger partial charge >= 0.3 is 0 Å². The molecule has 0 N–H and O–H groups in total. The van der Waals surface area contributed by atoms with E-state index < -0.39 is 0 Å². The van der Waals surface area contributed by atoms with Crippen molar-refractivity contribution in [1.82, 2.24) is 19.6 Å². The normalized spacial score (nSPS) is 17.2. The maximum absolute atomic E-state index is 5.37. The number of ether oxygens (including phenoxy) is 2. The quantitative estimate of drug-likeness (QED) is 0.846. The minimum Gasteiger partial charge on any atom is -0.478 e. The molecule has 0 aliphatic carbocycles. The summed E-state index contributed by atoms with van der Waals surface area (Å²) in [6, 6.07) is 0. The van der Waals surface area contributed by atoms with Gasteiger partial charge in [-0.1, -0.05) is 0 Å². The highest BCUT2D eigenvalue weighted by Crippen LogP contribution is 2.28. The first-order valence-corrected chi connectivity index (χ1v) is 6.62. The molecule has 18 heavy (non-hydrogen) atoms. The molecule has 96 valence electrons. The third-order valence-corrected chi connectivity index (χ3v) is 3.52. The van der Waals surface area contributed by atoms with E-state index in [1.807, 2.05) is 10.6 Å². The van der Waals surface area contributed by atoms with Crippen molar-refractivity contribution in [3.05, 3.63) is 16.6 Å². The average Bonchev–Trinajstić information content (AvgIpc) is 2.82. The van der Waals surface area contributed by atoms with Crippen LogP contribution in [0.25, 0.3) is 5.65 Å². The van der Waals surface area contributed by atoms with Crippen LogP contribution in [-0.4, -0.2) is 39.9 Å².